The fourth-order valence-electron chi connectivity index (χ4n) is 2.29. The molecule has 2 rings (SSSR count). The summed E-state index contributed by atoms with van der Waals surface area (Å²) in [6, 6.07) is -0.639. The second kappa shape index (κ2) is 4.38. The van der Waals surface area contributed by atoms with Crippen molar-refractivity contribution in [1.29, 1.82) is 0 Å². The molecule has 0 unspecified atom stereocenters. The van der Waals surface area contributed by atoms with Crippen LogP contribution in [0.4, 0.5) is 18.0 Å². The summed E-state index contributed by atoms with van der Waals surface area (Å²) in [7, 11) is 0. The first-order valence-corrected chi connectivity index (χ1v) is 6.08. The number of alkyl halides is 3. The molecule has 2 fully saturated rings. The van der Waals surface area contributed by atoms with Crippen LogP contribution in [0.2, 0.25) is 0 Å². The lowest BCUT2D eigenvalue weighted by Gasteiger charge is -2.26. The maximum Gasteiger partial charge on any atom is 0.411 e. The summed E-state index contributed by atoms with van der Waals surface area (Å²) in [6.45, 7) is 0. The summed E-state index contributed by atoms with van der Waals surface area (Å²) in [4.78, 5) is 11.5. The van der Waals surface area contributed by atoms with Crippen molar-refractivity contribution in [3.05, 3.63) is 0 Å². The molecule has 0 aromatic heterocycles. The molecule has 0 aromatic rings. The summed E-state index contributed by atoms with van der Waals surface area (Å²) in [5.41, 5.74) is -1.95. The van der Waals surface area contributed by atoms with E-state index in [1.807, 2.05) is 0 Å². The lowest BCUT2D eigenvalue weighted by atomic mass is 9.96. The predicted molar refractivity (Wildman–Crippen MR) is 56.6 cm³/mol. The van der Waals surface area contributed by atoms with Gasteiger partial charge in [0.1, 0.15) is 5.54 Å². The molecule has 2 aliphatic carbocycles. The van der Waals surface area contributed by atoms with Gasteiger partial charge < -0.3 is 10.6 Å². The molecule has 2 saturated carbocycles. The van der Waals surface area contributed by atoms with Crippen LogP contribution in [-0.4, -0.2) is 23.8 Å². The van der Waals surface area contributed by atoms with E-state index < -0.39 is 17.7 Å². The first kappa shape index (κ1) is 12.5. The smallest absolute Gasteiger partial charge is 0.335 e. The minimum Gasteiger partial charge on any atom is -0.335 e. The molecule has 0 heterocycles. The molecule has 0 spiro atoms. The Morgan fingerprint density at radius 2 is 1.71 bits per heavy atom. The molecule has 0 aromatic carbocycles. The van der Waals surface area contributed by atoms with E-state index in [4.69, 9.17) is 0 Å². The van der Waals surface area contributed by atoms with Gasteiger partial charge >= 0.3 is 12.2 Å². The fourth-order valence-corrected chi connectivity index (χ4v) is 2.29. The zero-order chi connectivity index (χ0) is 12.5. The highest BCUT2D eigenvalue weighted by Gasteiger charge is 2.64. The Labute approximate surface area is 98.1 Å². The molecule has 2 aliphatic rings. The molecule has 3 nitrogen and oxygen atoms in total. The van der Waals surface area contributed by atoms with Crippen molar-refractivity contribution in [2.24, 2.45) is 0 Å². The Morgan fingerprint density at radius 1 is 1.12 bits per heavy atom. The van der Waals surface area contributed by atoms with E-state index in [0.29, 0.717) is 0 Å². The van der Waals surface area contributed by atoms with Gasteiger partial charge in [-0.3, -0.25) is 0 Å². The van der Waals surface area contributed by atoms with Gasteiger partial charge in [0.05, 0.1) is 0 Å². The van der Waals surface area contributed by atoms with Gasteiger partial charge in [0.2, 0.25) is 0 Å². The third-order valence-electron chi connectivity index (χ3n) is 3.59. The first-order chi connectivity index (χ1) is 7.93. The van der Waals surface area contributed by atoms with Gasteiger partial charge in [-0.15, -0.1) is 0 Å². The van der Waals surface area contributed by atoms with Crippen molar-refractivity contribution in [3.63, 3.8) is 0 Å². The Balaban J connectivity index is 1.81. The molecule has 2 amide bonds. The zero-order valence-electron chi connectivity index (χ0n) is 9.57. The van der Waals surface area contributed by atoms with Crippen LogP contribution in [-0.2, 0) is 0 Å². The molecular formula is C11H17F3N2O. The van der Waals surface area contributed by atoms with Crippen molar-refractivity contribution in [1.82, 2.24) is 10.6 Å². The van der Waals surface area contributed by atoms with Crippen molar-refractivity contribution in [2.45, 2.75) is 62.7 Å². The van der Waals surface area contributed by atoms with E-state index >= 15 is 0 Å². The number of carbonyl (C=O) groups excluding carboxylic acids is 1. The minimum atomic E-state index is -4.34. The second-order valence-electron chi connectivity index (χ2n) is 5.01. The van der Waals surface area contributed by atoms with Crippen LogP contribution in [0.5, 0.6) is 0 Å². The molecule has 6 heteroatoms. The zero-order valence-corrected chi connectivity index (χ0v) is 9.57. The van der Waals surface area contributed by atoms with Crippen molar-refractivity contribution < 1.29 is 18.0 Å². The quantitative estimate of drug-likeness (QED) is 0.777. The summed E-state index contributed by atoms with van der Waals surface area (Å²) >= 11 is 0. The molecule has 0 aliphatic heterocycles. The number of halogens is 3. The second-order valence-corrected chi connectivity index (χ2v) is 5.01. The predicted octanol–water partition coefficient (Wildman–Crippen LogP) is 2.71. The van der Waals surface area contributed by atoms with Crippen LogP contribution in [0.25, 0.3) is 0 Å². The van der Waals surface area contributed by atoms with E-state index in [1.165, 1.54) is 0 Å². The van der Waals surface area contributed by atoms with Crippen LogP contribution in [0.1, 0.15) is 44.9 Å². The summed E-state index contributed by atoms with van der Waals surface area (Å²) < 4.78 is 37.8. The van der Waals surface area contributed by atoms with Gasteiger partial charge in [0.15, 0.2) is 0 Å². The van der Waals surface area contributed by atoms with Gasteiger partial charge in [0.25, 0.3) is 0 Å². The standard InChI is InChI=1S/C11H17F3N2O/c12-11(13,14)10(6-7-10)16-9(17)15-8-4-2-1-3-5-8/h8H,1-7H2,(H2,15,16,17). The molecular weight excluding hydrogens is 233 g/mol. The highest BCUT2D eigenvalue weighted by molar-refractivity contribution is 5.75. The van der Waals surface area contributed by atoms with Gasteiger partial charge in [-0.25, -0.2) is 4.79 Å². The van der Waals surface area contributed by atoms with E-state index in [-0.39, 0.29) is 18.9 Å². The molecule has 0 atom stereocenters. The van der Waals surface area contributed by atoms with Crippen molar-refractivity contribution >= 4 is 6.03 Å². The maximum atomic E-state index is 12.6. The lowest BCUT2D eigenvalue weighted by molar-refractivity contribution is -0.162. The van der Waals surface area contributed by atoms with Crippen LogP contribution in [0.3, 0.4) is 0 Å². The van der Waals surface area contributed by atoms with Crippen LogP contribution in [0, 0.1) is 0 Å². The van der Waals surface area contributed by atoms with Crippen LogP contribution >= 0.6 is 0 Å². The topological polar surface area (TPSA) is 41.1 Å². The van der Waals surface area contributed by atoms with Gasteiger partial charge in [0, 0.05) is 6.04 Å². The summed E-state index contributed by atoms with van der Waals surface area (Å²) in [6.07, 6.45) is 0.607. The molecule has 2 N–H and O–H groups in total. The molecule has 98 valence electrons. The Hall–Kier alpha value is -0.940. The monoisotopic (exact) mass is 250 g/mol. The van der Waals surface area contributed by atoms with Crippen LogP contribution < -0.4 is 10.6 Å². The number of hydrogen-bond donors (Lipinski definition) is 2. The molecule has 0 bridgehead atoms. The number of urea groups is 1. The third-order valence-corrected chi connectivity index (χ3v) is 3.59. The molecule has 0 radical (unpaired) electrons. The largest absolute Gasteiger partial charge is 0.411 e. The SMILES string of the molecule is O=C(NC1CCCCC1)NC1(C(F)(F)F)CC1. The van der Waals surface area contributed by atoms with E-state index in [9.17, 15) is 18.0 Å². The average molecular weight is 250 g/mol. The Kier molecular flexibility index (Phi) is 3.23. The van der Waals surface area contributed by atoms with Gasteiger partial charge in [-0.1, -0.05) is 19.3 Å². The number of amides is 2. The number of rotatable bonds is 2. The Morgan fingerprint density at radius 3 is 2.18 bits per heavy atom. The number of carbonyl (C=O) groups is 1. The maximum absolute atomic E-state index is 12.6. The minimum absolute atomic E-state index is 0.00537. The van der Waals surface area contributed by atoms with Gasteiger partial charge in [-0.2, -0.15) is 13.2 Å². The fraction of sp³-hybridized carbons (Fsp3) is 0.909. The highest BCUT2D eigenvalue weighted by Crippen LogP contribution is 2.48. The van der Waals surface area contributed by atoms with Gasteiger partial charge in [-0.05, 0) is 25.7 Å². The summed E-state index contributed by atoms with van der Waals surface area (Å²) in [5.74, 6) is 0. The lowest BCUT2D eigenvalue weighted by Crippen LogP contribution is -2.53. The summed E-state index contributed by atoms with van der Waals surface area (Å²) in [5, 5.41) is 4.72. The van der Waals surface area contributed by atoms with Crippen molar-refractivity contribution in [3.8, 4) is 0 Å². The number of hydrogen-bond acceptors (Lipinski definition) is 1. The van der Waals surface area contributed by atoms with E-state index in [1.54, 1.807) is 0 Å². The highest BCUT2D eigenvalue weighted by atomic mass is 19.4. The van der Waals surface area contributed by atoms with E-state index in [0.717, 1.165) is 32.1 Å². The van der Waals surface area contributed by atoms with E-state index in [2.05, 4.69) is 10.6 Å². The third kappa shape index (κ3) is 2.84. The molecule has 0 saturated heterocycles. The average Bonchev–Trinajstić information content (AvgIpc) is 2.99. The Bertz CT molecular complexity index is 294. The first-order valence-electron chi connectivity index (χ1n) is 6.08. The van der Waals surface area contributed by atoms with Crippen LogP contribution in [0.15, 0.2) is 0 Å². The van der Waals surface area contributed by atoms with Crippen molar-refractivity contribution in [2.75, 3.05) is 0 Å². The molecule has 17 heavy (non-hydrogen) atoms. The number of nitrogens with one attached hydrogen (secondary N) is 2. The normalized spacial score (nSPS) is 24.2.